The van der Waals surface area contributed by atoms with Gasteiger partial charge in [0.2, 0.25) is 11.7 Å². The lowest BCUT2D eigenvalue weighted by Crippen LogP contribution is -2.41. The number of likely N-dealkylation sites (tertiary alicyclic amines) is 1. The van der Waals surface area contributed by atoms with Crippen LogP contribution in [-0.2, 0) is 16.6 Å². The average molecular weight is 535 g/mol. The number of nitriles is 1. The molecule has 10 heteroatoms. The number of aromatic nitrogens is 3. The highest BCUT2D eigenvalue weighted by molar-refractivity contribution is 7.16. The van der Waals surface area contributed by atoms with Crippen molar-refractivity contribution in [2.75, 3.05) is 18.8 Å². The molecule has 1 atom stereocenters. The van der Waals surface area contributed by atoms with Crippen molar-refractivity contribution >= 4 is 22.4 Å². The number of amides is 1. The fourth-order valence-corrected chi connectivity index (χ4v) is 6.82. The molecule has 200 valence electrons. The Kier molecular flexibility index (Phi) is 6.68. The predicted molar refractivity (Wildman–Crippen MR) is 145 cm³/mol. The van der Waals surface area contributed by atoms with Crippen LogP contribution in [-0.4, -0.2) is 44.8 Å². The molecule has 0 bridgehead atoms. The molecule has 3 aromatic heterocycles. The molecule has 0 saturated carbocycles. The van der Waals surface area contributed by atoms with E-state index in [-0.39, 0.29) is 6.09 Å². The summed E-state index contributed by atoms with van der Waals surface area (Å²) in [6.07, 6.45) is 4.09. The van der Waals surface area contributed by atoms with Gasteiger partial charge in [0, 0.05) is 29.2 Å². The number of hydrogen-bond donors (Lipinski definition) is 1. The number of nitrogens with two attached hydrogens (primary N) is 1. The molecular weight excluding hydrogens is 500 g/mol. The van der Waals surface area contributed by atoms with Crippen molar-refractivity contribution < 1.29 is 14.1 Å². The zero-order valence-corrected chi connectivity index (χ0v) is 23.4. The predicted octanol–water partition coefficient (Wildman–Crippen LogP) is 5.71. The molecule has 1 fully saturated rings. The molecule has 9 nitrogen and oxygen atoms in total. The Morgan fingerprint density at radius 1 is 1.29 bits per heavy atom. The van der Waals surface area contributed by atoms with E-state index in [9.17, 15) is 10.1 Å². The molecule has 1 saturated heterocycles. The number of hydrogen-bond acceptors (Lipinski definition) is 9. The Morgan fingerprint density at radius 2 is 2.03 bits per heavy atom. The van der Waals surface area contributed by atoms with Gasteiger partial charge in [-0.25, -0.2) is 9.78 Å². The normalized spacial score (nSPS) is 20.2. The van der Waals surface area contributed by atoms with Gasteiger partial charge in [-0.1, -0.05) is 5.16 Å². The highest BCUT2D eigenvalue weighted by Crippen LogP contribution is 2.48. The lowest BCUT2D eigenvalue weighted by Gasteiger charge is -2.33. The maximum absolute atomic E-state index is 12.5. The third-order valence-electron chi connectivity index (χ3n) is 7.47. The summed E-state index contributed by atoms with van der Waals surface area (Å²) < 4.78 is 11.4. The number of thiophene rings is 1. The van der Waals surface area contributed by atoms with Gasteiger partial charge >= 0.3 is 6.09 Å². The number of anilines is 1. The molecule has 1 amide bonds. The smallest absolute Gasteiger partial charge is 0.410 e. The van der Waals surface area contributed by atoms with E-state index in [1.165, 1.54) is 11.3 Å². The van der Waals surface area contributed by atoms with Gasteiger partial charge in [-0.05, 0) is 90.3 Å². The number of piperidine rings is 1. The monoisotopic (exact) mass is 534 g/mol. The van der Waals surface area contributed by atoms with Gasteiger partial charge in [-0.3, -0.25) is 0 Å². The zero-order chi connectivity index (χ0) is 27.2. The van der Waals surface area contributed by atoms with E-state index >= 15 is 0 Å². The Hall–Kier alpha value is -3.45. The largest absolute Gasteiger partial charge is 0.444 e. The summed E-state index contributed by atoms with van der Waals surface area (Å²) in [6.45, 7) is 11.0. The summed E-state index contributed by atoms with van der Waals surface area (Å²) in [5, 5.41) is 14.6. The van der Waals surface area contributed by atoms with E-state index in [2.05, 4.69) is 24.2 Å². The highest BCUT2D eigenvalue weighted by Gasteiger charge is 2.43. The number of pyridine rings is 1. The van der Waals surface area contributed by atoms with Crippen LogP contribution in [0.25, 0.3) is 11.5 Å². The number of carbonyl (C=O) groups is 1. The number of fused-ring (bicyclic) bond motifs is 1. The first-order valence-electron chi connectivity index (χ1n) is 13.1. The van der Waals surface area contributed by atoms with Gasteiger partial charge < -0.3 is 19.9 Å². The summed E-state index contributed by atoms with van der Waals surface area (Å²) in [7, 11) is 0. The summed E-state index contributed by atoms with van der Waals surface area (Å²) in [4.78, 5) is 24.9. The zero-order valence-electron chi connectivity index (χ0n) is 22.6. The van der Waals surface area contributed by atoms with Crippen LogP contribution in [0.3, 0.4) is 0 Å². The van der Waals surface area contributed by atoms with E-state index in [0.717, 1.165) is 53.8 Å². The Morgan fingerprint density at radius 3 is 2.71 bits per heavy atom. The third kappa shape index (κ3) is 4.87. The van der Waals surface area contributed by atoms with Gasteiger partial charge in [0.25, 0.3) is 0 Å². The third-order valence-corrected chi connectivity index (χ3v) is 8.55. The van der Waals surface area contributed by atoms with Crippen LogP contribution in [0.5, 0.6) is 0 Å². The van der Waals surface area contributed by atoms with Gasteiger partial charge in [-0.2, -0.15) is 10.2 Å². The van der Waals surface area contributed by atoms with E-state index in [0.29, 0.717) is 47.0 Å². The molecule has 1 aliphatic heterocycles. The molecule has 2 aliphatic rings. The van der Waals surface area contributed by atoms with Crippen LogP contribution >= 0.6 is 11.3 Å². The number of aryl methyl sites for hydroxylation is 2. The van der Waals surface area contributed by atoms with Crippen molar-refractivity contribution in [1.82, 2.24) is 20.0 Å². The van der Waals surface area contributed by atoms with Gasteiger partial charge in [0.15, 0.2) is 0 Å². The van der Waals surface area contributed by atoms with E-state index in [4.69, 9.17) is 25.0 Å². The van der Waals surface area contributed by atoms with Crippen LogP contribution in [0.4, 0.5) is 9.80 Å². The second-order valence-corrected chi connectivity index (χ2v) is 12.7. The molecule has 38 heavy (non-hydrogen) atoms. The van der Waals surface area contributed by atoms with Crippen LogP contribution in [0.15, 0.2) is 16.7 Å². The first-order valence-corrected chi connectivity index (χ1v) is 13.9. The molecule has 5 rings (SSSR count). The van der Waals surface area contributed by atoms with Crippen LogP contribution in [0, 0.1) is 18.3 Å². The van der Waals surface area contributed by atoms with Crippen LogP contribution < -0.4 is 5.73 Å². The molecular formula is C28H34N6O3S. The Bertz CT molecular complexity index is 1410. The molecule has 0 radical (unpaired) electrons. The number of nitrogen functional groups attached to an aromatic ring is 1. The fraction of sp³-hybridized carbons (Fsp3) is 0.536. The average Bonchev–Trinajstić information content (AvgIpc) is 3.48. The van der Waals surface area contributed by atoms with Crippen LogP contribution in [0.1, 0.15) is 92.4 Å². The van der Waals surface area contributed by atoms with Crippen molar-refractivity contribution in [3.63, 3.8) is 0 Å². The summed E-state index contributed by atoms with van der Waals surface area (Å²) in [5.41, 5.74) is 9.26. The van der Waals surface area contributed by atoms with Crippen LogP contribution in [0.2, 0.25) is 0 Å². The van der Waals surface area contributed by atoms with E-state index in [1.807, 2.05) is 33.8 Å². The van der Waals surface area contributed by atoms with Gasteiger partial charge in [-0.15, -0.1) is 11.3 Å². The van der Waals surface area contributed by atoms with E-state index < -0.39 is 11.0 Å². The Labute approximate surface area is 227 Å². The van der Waals surface area contributed by atoms with Gasteiger partial charge in [0.1, 0.15) is 22.4 Å². The lowest BCUT2D eigenvalue weighted by molar-refractivity contribution is 0.0205. The molecule has 0 spiro atoms. The molecule has 1 aliphatic carbocycles. The van der Waals surface area contributed by atoms with Crippen molar-refractivity contribution in [2.45, 2.75) is 83.7 Å². The number of carbonyl (C=O) groups excluding carboxylic acids is 1. The van der Waals surface area contributed by atoms with E-state index in [1.54, 1.807) is 4.90 Å². The molecule has 2 N–H and O–H groups in total. The second kappa shape index (κ2) is 9.70. The van der Waals surface area contributed by atoms with Crippen molar-refractivity contribution in [3.05, 3.63) is 45.3 Å². The Balaban J connectivity index is 1.38. The second-order valence-electron chi connectivity index (χ2n) is 11.5. The molecule has 3 aromatic rings. The minimum Gasteiger partial charge on any atom is -0.444 e. The molecule has 1 unspecified atom stereocenters. The summed E-state index contributed by atoms with van der Waals surface area (Å²) in [5.74, 6) is 1.22. The number of ether oxygens (including phenoxy) is 1. The van der Waals surface area contributed by atoms with Gasteiger partial charge in [0.05, 0.1) is 11.0 Å². The quantitative estimate of drug-likeness (QED) is 0.452. The maximum atomic E-state index is 12.5. The topological polar surface area (TPSA) is 131 Å². The molecule has 4 heterocycles. The SMILES string of the molecule is Cc1cc(C2CCN(C(=O)OC(C)(C)C)CC2)cc(-c2noc(C3(C)CCCc4sc(N)c(C#N)c43)n2)n1. The number of rotatable bonds is 3. The minimum absolute atomic E-state index is 0.256. The summed E-state index contributed by atoms with van der Waals surface area (Å²) in [6, 6.07) is 6.42. The molecule has 0 aromatic carbocycles. The maximum Gasteiger partial charge on any atom is 0.410 e. The number of nitrogens with zero attached hydrogens (tertiary/aromatic N) is 5. The first kappa shape index (κ1) is 26.2. The van der Waals surface area contributed by atoms with Crippen molar-refractivity contribution in [3.8, 4) is 17.6 Å². The first-order chi connectivity index (χ1) is 18.0. The van der Waals surface area contributed by atoms with Crippen molar-refractivity contribution in [1.29, 1.82) is 5.26 Å². The summed E-state index contributed by atoms with van der Waals surface area (Å²) >= 11 is 1.49. The fourth-order valence-electron chi connectivity index (χ4n) is 5.63. The minimum atomic E-state index is -0.570. The lowest BCUT2D eigenvalue weighted by atomic mass is 9.72. The standard InChI is InChI=1S/C28H34N6O3S/c1-16-13-18(17-8-11-34(12-9-17)26(35)36-27(2,3)4)14-20(31-16)24-32-25(37-33-24)28(5)10-6-7-21-22(28)19(15-29)23(30)38-21/h13-14,17H,6-12,30H2,1-5H3. The van der Waals surface area contributed by atoms with Crippen molar-refractivity contribution in [2.24, 2.45) is 0 Å². The highest BCUT2D eigenvalue weighted by atomic mass is 32.1.